The smallest absolute Gasteiger partial charge is 0.136 e. The molecule has 2 unspecified atom stereocenters. The van der Waals surface area contributed by atoms with E-state index in [1.54, 1.807) is 0 Å². The Morgan fingerprint density at radius 1 is 1.11 bits per heavy atom. The predicted molar refractivity (Wildman–Crippen MR) is 78.7 cm³/mol. The second-order valence-corrected chi connectivity index (χ2v) is 7.06. The molecule has 0 bridgehead atoms. The molecule has 0 aliphatic heterocycles. The molecular formula is C17H32O. The summed E-state index contributed by atoms with van der Waals surface area (Å²) in [5.74, 6) is 1.49. The van der Waals surface area contributed by atoms with Crippen LogP contribution in [0.2, 0.25) is 0 Å². The first-order valence-electron chi connectivity index (χ1n) is 8.00. The van der Waals surface area contributed by atoms with Crippen LogP contribution in [0.1, 0.15) is 85.5 Å². The van der Waals surface area contributed by atoms with Crippen molar-refractivity contribution >= 4 is 5.78 Å². The number of carbonyl (C=O) groups is 1. The summed E-state index contributed by atoms with van der Waals surface area (Å²) < 4.78 is 0. The van der Waals surface area contributed by atoms with Gasteiger partial charge in [0.25, 0.3) is 0 Å². The lowest BCUT2D eigenvalue weighted by Crippen LogP contribution is -2.35. The van der Waals surface area contributed by atoms with Crippen LogP contribution in [0.15, 0.2) is 0 Å². The minimum atomic E-state index is 0.226. The molecule has 0 spiro atoms. The van der Waals surface area contributed by atoms with E-state index in [1.165, 1.54) is 44.9 Å². The molecular weight excluding hydrogens is 220 g/mol. The van der Waals surface area contributed by atoms with Crippen LogP contribution in [0.5, 0.6) is 0 Å². The summed E-state index contributed by atoms with van der Waals surface area (Å²) >= 11 is 0. The van der Waals surface area contributed by atoms with Crippen molar-refractivity contribution in [2.45, 2.75) is 85.5 Å². The third-order valence-electron chi connectivity index (χ3n) is 4.75. The van der Waals surface area contributed by atoms with Crippen molar-refractivity contribution in [3.63, 3.8) is 0 Å². The van der Waals surface area contributed by atoms with Gasteiger partial charge in [0, 0.05) is 12.3 Å². The monoisotopic (exact) mass is 252 g/mol. The van der Waals surface area contributed by atoms with Gasteiger partial charge < -0.3 is 0 Å². The van der Waals surface area contributed by atoms with Crippen molar-refractivity contribution in [3.8, 4) is 0 Å². The van der Waals surface area contributed by atoms with E-state index in [4.69, 9.17) is 0 Å². The molecule has 1 fully saturated rings. The Balaban J connectivity index is 2.35. The number of rotatable bonds is 7. The van der Waals surface area contributed by atoms with Crippen LogP contribution in [0.4, 0.5) is 0 Å². The van der Waals surface area contributed by atoms with E-state index in [0.717, 1.165) is 12.8 Å². The fourth-order valence-corrected chi connectivity index (χ4v) is 3.38. The third-order valence-corrected chi connectivity index (χ3v) is 4.75. The molecule has 1 aliphatic rings. The number of hydrogen-bond donors (Lipinski definition) is 0. The molecule has 0 N–H and O–H groups in total. The maximum Gasteiger partial charge on any atom is 0.136 e. The van der Waals surface area contributed by atoms with Gasteiger partial charge in [0.1, 0.15) is 5.78 Å². The van der Waals surface area contributed by atoms with Gasteiger partial charge >= 0.3 is 0 Å². The molecule has 0 aromatic carbocycles. The highest BCUT2D eigenvalue weighted by Crippen LogP contribution is 2.41. The summed E-state index contributed by atoms with van der Waals surface area (Å²) in [4.78, 5) is 12.2. The van der Waals surface area contributed by atoms with Crippen molar-refractivity contribution in [2.75, 3.05) is 0 Å². The lowest BCUT2D eigenvalue weighted by Gasteiger charge is -2.37. The van der Waals surface area contributed by atoms with E-state index in [-0.39, 0.29) is 5.41 Å². The Morgan fingerprint density at radius 2 is 1.78 bits per heavy atom. The highest BCUT2D eigenvalue weighted by atomic mass is 16.1. The maximum absolute atomic E-state index is 12.2. The lowest BCUT2D eigenvalue weighted by atomic mass is 9.66. The molecule has 0 saturated heterocycles. The average molecular weight is 252 g/mol. The van der Waals surface area contributed by atoms with Crippen molar-refractivity contribution in [1.82, 2.24) is 0 Å². The number of hydrogen-bond acceptors (Lipinski definition) is 1. The minimum Gasteiger partial charge on any atom is -0.299 e. The Morgan fingerprint density at radius 3 is 2.39 bits per heavy atom. The molecule has 106 valence electrons. The first-order valence-corrected chi connectivity index (χ1v) is 8.00. The fourth-order valence-electron chi connectivity index (χ4n) is 3.38. The molecule has 1 saturated carbocycles. The van der Waals surface area contributed by atoms with Crippen LogP contribution in [0, 0.1) is 17.3 Å². The van der Waals surface area contributed by atoms with E-state index in [0.29, 0.717) is 17.6 Å². The van der Waals surface area contributed by atoms with Crippen molar-refractivity contribution in [3.05, 3.63) is 0 Å². The zero-order valence-electron chi connectivity index (χ0n) is 12.9. The highest BCUT2D eigenvalue weighted by Gasteiger charge is 2.37. The summed E-state index contributed by atoms with van der Waals surface area (Å²) in [5, 5.41) is 0. The average Bonchev–Trinajstić information content (AvgIpc) is 2.28. The van der Waals surface area contributed by atoms with Gasteiger partial charge in [0.15, 0.2) is 0 Å². The quantitative estimate of drug-likeness (QED) is 0.556. The molecule has 1 heteroatoms. The summed E-state index contributed by atoms with van der Waals surface area (Å²) in [5.41, 5.74) is 0.226. The summed E-state index contributed by atoms with van der Waals surface area (Å²) in [6.45, 7) is 9.09. The molecule has 2 atom stereocenters. The molecule has 18 heavy (non-hydrogen) atoms. The molecule has 0 radical (unpaired) electrons. The van der Waals surface area contributed by atoms with Crippen molar-refractivity contribution in [1.29, 1.82) is 0 Å². The normalized spacial score (nSPS) is 25.4. The van der Waals surface area contributed by atoms with E-state index >= 15 is 0 Å². The molecule has 0 aromatic rings. The molecule has 1 nitrogen and oxygen atoms in total. The summed E-state index contributed by atoms with van der Waals surface area (Å²) in [7, 11) is 0. The summed E-state index contributed by atoms with van der Waals surface area (Å²) in [6, 6.07) is 0. The Kier molecular flexibility index (Phi) is 6.38. The van der Waals surface area contributed by atoms with Gasteiger partial charge in [-0.15, -0.1) is 0 Å². The first-order chi connectivity index (χ1) is 8.47. The van der Waals surface area contributed by atoms with Crippen LogP contribution in [-0.4, -0.2) is 5.78 Å². The molecule has 0 amide bonds. The van der Waals surface area contributed by atoms with Gasteiger partial charge in [0.2, 0.25) is 0 Å². The zero-order chi connectivity index (χ0) is 13.6. The largest absolute Gasteiger partial charge is 0.299 e. The Labute approximate surface area is 114 Å². The predicted octanol–water partition coefficient (Wildman–Crippen LogP) is 5.38. The standard InChI is InChI=1S/C17H32O/c1-5-6-7-8-9-12-17(3,4)15-11-10-14(2)13-16(15)18/h14-15H,5-13H2,1-4H3. The first kappa shape index (κ1) is 15.7. The molecule has 0 heterocycles. The van der Waals surface area contributed by atoms with E-state index < -0.39 is 0 Å². The van der Waals surface area contributed by atoms with Crippen molar-refractivity contribution in [2.24, 2.45) is 17.3 Å². The third kappa shape index (κ3) is 4.74. The fraction of sp³-hybridized carbons (Fsp3) is 0.941. The molecule has 1 rings (SSSR count). The number of Topliss-reactive ketones (excluding diaryl/α,β-unsaturated/α-hetero) is 1. The second-order valence-electron chi connectivity index (χ2n) is 7.06. The van der Waals surface area contributed by atoms with Gasteiger partial charge in [-0.05, 0) is 30.6 Å². The van der Waals surface area contributed by atoms with E-state index in [2.05, 4.69) is 27.7 Å². The number of ketones is 1. The summed E-state index contributed by atoms with van der Waals surface area (Å²) in [6.07, 6.45) is 11.1. The van der Waals surface area contributed by atoms with Crippen LogP contribution < -0.4 is 0 Å². The molecule has 0 aromatic heterocycles. The van der Waals surface area contributed by atoms with Crippen LogP contribution in [-0.2, 0) is 4.79 Å². The van der Waals surface area contributed by atoms with Crippen LogP contribution >= 0.6 is 0 Å². The Bertz CT molecular complexity index is 254. The van der Waals surface area contributed by atoms with Gasteiger partial charge in [-0.2, -0.15) is 0 Å². The van der Waals surface area contributed by atoms with Crippen molar-refractivity contribution < 1.29 is 4.79 Å². The highest BCUT2D eigenvalue weighted by molar-refractivity contribution is 5.82. The maximum atomic E-state index is 12.2. The van der Waals surface area contributed by atoms with Gasteiger partial charge in [-0.25, -0.2) is 0 Å². The SMILES string of the molecule is CCCCCCCC(C)(C)C1CCC(C)CC1=O. The van der Waals surface area contributed by atoms with Gasteiger partial charge in [0.05, 0.1) is 0 Å². The van der Waals surface area contributed by atoms with Gasteiger partial charge in [-0.3, -0.25) is 4.79 Å². The topological polar surface area (TPSA) is 17.1 Å². The lowest BCUT2D eigenvalue weighted by molar-refractivity contribution is -0.130. The van der Waals surface area contributed by atoms with Crippen LogP contribution in [0.25, 0.3) is 0 Å². The number of carbonyl (C=O) groups excluding carboxylic acids is 1. The minimum absolute atomic E-state index is 0.226. The van der Waals surface area contributed by atoms with E-state index in [1.807, 2.05) is 0 Å². The molecule has 1 aliphatic carbocycles. The van der Waals surface area contributed by atoms with Crippen LogP contribution in [0.3, 0.4) is 0 Å². The zero-order valence-corrected chi connectivity index (χ0v) is 12.9. The second kappa shape index (κ2) is 7.31. The Hall–Kier alpha value is -0.330. The van der Waals surface area contributed by atoms with E-state index in [9.17, 15) is 4.79 Å². The van der Waals surface area contributed by atoms with Gasteiger partial charge in [-0.1, -0.05) is 59.8 Å². The number of unbranched alkanes of at least 4 members (excludes halogenated alkanes) is 4.